The second-order valence-corrected chi connectivity index (χ2v) is 5.57. The zero-order valence-corrected chi connectivity index (χ0v) is 12.7. The van der Waals surface area contributed by atoms with Gasteiger partial charge in [0.2, 0.25) is 5.95 Å². The molecule has 1 amide bonds. The standard InChI is InChI=1S/C15H13ClN4O3/c16-9-3-1-8(2-4-9)12-10-7-20(6-5-11(21)22)14(23)13(10)19-15(17)18-12/h1-4H,5-7H2,(H,21,22)(H2,17,18,19). The summed E-state index contributed by atoms with van der Waals surface area (Å²) in [5, 5.41) is 9.37. The van der Waals surface area contributed by atoms with Crippen molar-refractivity contribution in [2.45, 2.75) is 13.0 Å². The number of hydrogen-bond acceptors (Lipinski definition) is 5. The number of aliphatic carboxylic acids is 1. The van der Waals surface area contributed by atoms with Gasteiger partial charge in [-0.05, 0) is 12.1 Å². The highest BCUT2D eigenvalue weighted by atomic mass is 35.5. The van der Waals surface area contributed by atoms with E-state index < -0.39 is 5.97 Å². The summed E-state index contributed by atoms with van der Waals surface area (Å²) in [7, 11) is 0. The molecule has 2 aromatic rings. The van der Waals surface area contributed by atoms with Crippen molar-refractivity contribution in [2.75, 3.05) is 12.3 Å². The van der Waals surface area contributed by atoms with E-state index in [2.05, 4.69) is 9.97 Å². The summed E-state index contributed by atoms with van der Waals surface area (Å²) in [6.45, 7) is 0.379. The van der Waals surface area contributed by atoms with Gasteiger partial charge in [-0.3, -0.25) is 9.59 Å². The van der Waals surface area contributed by atoms with Crippen molar-refractivity contribution in [3.63, 3.8) is 0 Å². The molecule has 3 N–H and O–H groups in total. The number of anilines is 1. The molecular formula is C15H13ClN4O3. The highest BCUT2D eigenvalue weighted by Crippen LogP contribution is 2.31. The van der Waals surface area contributed by atoms with Crippen LogP contribution in [0.1, 0.15) is 22.5 Å². The minimum absolute atomic E-state index is 0.00198. The Kier molecular flexibility index (Phi) is 3.87. The van der Waals surface area contributed by atoms with Crippen LogP contribution in [0.2, 0.25) is 5.02 Å². The molecule has 1 aliphatic rings. The van der Waals surface area contributed by atoms with Gasteiger partial charge in [0.25, 0.3) is 5.91 Å². The second-order valence-electron chi connectivity index (χ2n) is 5.13. The van der Waals surface area contributed by atoms with E-state index in [4.69, 9.17) is 22.4 Å². The van der Waals surface area contributed by atoms with Gasteiger partial charge in [0, 0.05) is 22.7 Å². The Morgan fingerprint density at radius 2 is 1.91 bits per heavy atom. The molecule has 1 aromatic carbocycles. The summed E-state index contributed by atoms with van der Waals surface area (Å²) in [5.74, 6) is -1.29. The van der Waals surface area contributed by atoms with Crippen LogP contribution in [-0.2, 0) is 11.3 Å². The second kappa shape index (κ2) is 5.85. The normalized spacial score (nSPS) is 13.3. The van der Waals surface area contributed by atoms with Crippen molar-refractivity contribution in [1.29, 1.82) is 0 Å². The number of halogens is 1. The number of fused-ring (bicyclic) bond motifs is 1. The summed E-state index contributed by atoms with van der Waals surface area (Å²) in [5.41, 5.74) is 7.93. The molecule has 0 aliphatic carbocycles. The molecule has 1 aromatic heterocycles. The Morgan fingerprint density at radius 3 is 2.57 bits per heavy atom. The molecule has 8 heteroatoms. The first-order chi connectivity index (χ1) is 11.0. The zero-order valence-electron chi connectivity index (χ0n) is 12.0. The number of nitrogen functional groups attached to an aromatic ring is 1. The van der Waals surface area contributed by atoms with E-state index >= 15 is 0 Å². The summed E-state index contributed by atoms with van der Waals surface area (Å²) in [6, 6.07) is 7.02. The molecule has 2 heterocycles. The van der Waals surface area contributed by atoms with Crippen LogP contribution >= 0.6 is 11.6 Å². The molecule has 7 nitrogen and oxygen atoms in total. The monoisotopic (exact) mass is 332 g/mol. The average molecular weight is 333 g/mol. The number of carbonyl (C=O) groups excluding carboxylic acids is 1. The van der Waals surface area contributed by atoms with Crippen LogP contribution < -0.4 is 5.73 Å². The molecule has 118 valence electrons. The molecule has 23 heavy (non-hydrogen) atoms. The molecule has 0 atom stereocenters. The highest BCUT2D eigenvalue weighted by Gasteiger charge is 2.32. The van der Waals surface area contributed by atoms with E-state index in [-0.39, 0.29) is 37.1 Å². The van der Waals surface area contributed by atoms with Crippen molar-refractivity contribution in [1.82, 2.24) is 14.9 Å². The van der Waals surface area contributed by atoms with E-state index in [1.165, 1.54) is 4.90 Å². The predicted octanol–water partition coefficient (Wildman–Crippen LogP) is 1.81. The lowest BCUT2D eigenvalue weighted by molar-refractivity contribution is -0.137. The maximum Gasteiger partial charge on any atom is 0.305 e. The molecule has 0 unspecified atom stereocenters. The van der Waals surface area contributed by atoms with Crippen LogP contribution in [0.15, 0.2) is 24.3 Å². The molecule has 3 rings (SSSR count). The number of carboxylic acid groups (broad SMARTS) is 1. The van der Waals surface area contributed by atoms with Crippen molar-refractivity contribution in [3.05, 3.63) is 40.5 Å². The molecule has 0 radical (unpaired) electrons. The Hall–Kier alpha value is -2.67. The number of hydrogen-bond donors (Lipinski definition) is 2. The number of aromatic nitrogens is 2. The average Bonchev–Trinajstić information content (AvgIpc) is 2.82. The van der Waals surface area contributed by atoms with Gasteiger partial charge in [-0.1, -0.05) is 23.7 Å². The van der Waals surface area contributed by atoms with Crippen LogP contribution in [0.3, 0.4) is 0 Å². The Labute approximate surface area is 136 Å². The maximum atomic E-state index is 12.4. The van der Waals surface area contributed by atoms with Crippen LogP contribution in [0.4, 0.5) is 5.95 Å². The number of nitrogens with two attached hydrogens (primary N) is 1. The Bertz CT molecular complexity index is 792. The maximum absolute atomic E-state index is 12.4. The lowest BCUT2D eigenvalue weighted by Crippen LogP contribution is -2.26. The third kappa shape index (κ3) is 2.95. The van der Waals surface area contributed by atoms with Crippen LogP contribution in [0.25, 0.3) is 11.3 Å². The largest absolute Gasteiger partial charge is 0.481 e. The van der Waals surface area contributed by atoms with Crippen molar-refractivity contribution in [2.24, 2.45) is 0 Å². The lowest BCUT2D eigenvalue weighted by Gasteiger charge is -2.13. The lowest BCUT2D eigenvalue weighted by atomic mass is 10.1. The summed E-state index contributed by atoms with van der Waals surface area (Å²) in [4.78, 5) is 32.8. The van der Waals surface area contributed by atoms with E-state index in [9.17, 15) is 9.59 Å². The molecule has 0 fully saturated rings. The van der Waals surface area contributed by atoms with E-state index in [0.717, 1.165) is 5.56 Å². The fraction of sp³-hybridized carbons (Fsp3) is 0.200. The molecule has 1 aliphatic heterocycles. The first-order valence-electron chi connectivity index (χ1n) is 6.89. The van der Waals surface area contributed by atoms with E-state index in [1.54, 1.807) is 24.3 Å². The summed E-state index contributed by atoms with van der Waals surface area (Å²) < 4.78 is 0. The number of amides is 1. The Morgan fingerprint density at radius 1 is 1.26 bits per heavy atom. The quantitative estimate of drug-likeness (QED) is 0.883. The molecule has 0 spiro atoms. The smallest absolute Gasteiger partial charge is 0.305 e. The van der Waals surface area contributed by atoms with Crippen LogP contribution in [-0.4, -0.2) is 38.4 Å². The number of benzene rings is 1. The van der Waals surface area contributed by atoms with Gasteiger partial charge in [0.05, 0.1) is 18.7 Å². The Balaban J connectivity index is 2.00. The van der Waals surface area contributed by atoms with Crippen LogP contribution in [0.5, 0.6) is 0 Å². The molecule has 0 bridgehead atoms. The number of nitrogens with zero attached hydrogens (tertiary/aromatic N) is 3. The molecule has 0 saturated heterocycles. The topological polar surface area (TPSA) is 109 Å². The van der Waals surface area contributed by atoms with Crippen molar-refractivity contribution < 1.29 is 14.7 Å². The van der Waals surface area contributed by atoms with Gasteiger partial charge < -0.3 is 15.7 Å². The molecular weight excluding hydrogens is 320 g/mol. The fourth-order valence-electron chi connectivity index (χ4n) is 2.50. The van der Waals surface area contributed by atoms with E-state index in [1.807, 2.05) is 0 Å². The van der Waals surface area contributed by atoms with Gasteiger partial charge in [-0.25, -0.2) is 9.97 Å². The first-order valence-corrected chi connectivity index (χ1v) is 7.27. The van der Waals surface area contributed by atoms with Gasteiger partial charge in [0.15, 0.2) is 0 Å². The first kappa shape index (κ1) is 15.2. The molecule has 0 saturated carbocycles. The SMILES string of the molecule is Nc1nc2c(c(-c3ccc(Cl)cc3)n1)CN(CCC(=O)O)C2=O. The minimum atomic E-state index is -0.961. The van der Waals surface area contributed by atoms with Gasteiger partial charge >= 0.3 is 5.97 Å². The van der Waals surface area contributed by atoms with Gasteiger partial charge in [-0.15, -0.1) is 0 Å². The zero-order chi connectivity index (χ0) is 16.6. The summed E-state index contributed by atoms with van der Waals surface area (Å²) >= 11 is 5.89. The van der Waals surface area contributed by atoms with E-state index in [0.29, 0.717) is 16.3 Å². The van der Waals surface area contributed by atoms with Gasteiger partial charge in [0.1, 0.15) is 5.69 Å². The highest BCUT2D eigenvalue weighted by molar-refractivity contribution is 6.30. The van der Waals surface area contributed by atoms with Crippen molar-refractivity contribution in [3.8, 4) is 11.3 Å². The van der Waals surface area contributed by atoms with Gasteiger partial charge in [-0.2, -0.15) is 0 Å². The minimum Gasteiger partial charge on any atom is -0.481 e. The fourth-order valence-corrected chi connectivity index (χ4v) is 2.62. The van der Waals surface area contributed by atoms with Crippen molar-refractivity contribution >= 4 is 29.4 Å². The summed E-state index contributed by atoms with van der Waals surface area (Å²) in [6.07, 6.45) is -0.126. The number of rotatable bonds is 4. The third-order valence-electron chi connectivity index (χ3n) is 3.58. The third-order valence-corrected chi connectivity index (χ3v) is 3.83. The number of carboxylic acids is 1. The number of carbonyl (C=O) groups is 2. The van der Waals surface area contributed by atoms with Crippen LogP contribution in [0, 0.1) is 0 Å². The predicted molar refractivity (Wildman–Crippen MR) is 83.9 cm³/mol.